The maximum absolute atomic E-state index is 14.4. The number of fused-ring (bicyclic) bond motifs is 1. The van der Waals surface area contributed by atoms with E-state index in [0.29, 0.717) is 28.5 Å². The van der Waals surface area contributed by atoms with Gasteiger partial charge in [-0.15, -0.1) is 0 Å². The predicted molar refractivity (Wildman–Crippen MR) is 98.6 cm³/mol. The molecule has 10 heteroatoms. The summed E-state index contributed by atoms with van der Waals surface area (Å²) in [4.78, 5) is 8.79. The molecule has 0 saturated carbocycles. The van der Waals surface area contributed by atoms with Crippen LogP contribution in [0, 0.1) is 12.7 Å². The zero-order valence-electron chi connectivity index (χ0n) is 14.9. The second-order valence-corrected chi connectivity index (χ2v) is 6.18. The van der Waals surface area contributed by atoms with E-state index in [0.717, 1.165) is 5.52 Å². The lowest BCUT2D eigenvalue weighted by Crippen LogP contribution is -2.05. The highest BCUT2D eigenvalue weighted by molar-refractivity contribution is 5.80. The van der Waals surface area contributed by atoms with Crippen LogP contribution in [0.3, 0.4) is 0 Å². The van der Waals surface area contributed by atoms with E-state index in [-0.39, 0.29) is 23.8 Å². The third-order valence-electron chi connectivity index (χ3n) is 4.37. The molecule has 0 aliphatic heterocycles. The number of hydrogen-bond donors (Lipinski definition) is 3. The Balaban J connectivity index is 1.92. The number of pyridine rings is 1. The SMILES string of the molecule is C=C(N)c1cc(-c2n[nH]c(-c3c(F)c(C)nn3C)n2)c2cnc(CN)n2c1. The predicted octanol–water partition coefficient (Wildman–Crippen LogP) is 1.36. The molecule has 0 aliphatic carbocycles. The first kappa shape index (κ1) is 16.9. The van der Waals surface area contributed by atoms with Crippen LogP contribution in [0.25, 0.3) is 34.1 Å². The Kier molecular flexibility index (Phi) is 3.77. The van der Waals surface area contributed by atoms with E-state index in [1.54, 1.807) is 20.2 Å². The van der Waals surface area contributed by atoms with Crippen molar-refractivity contribution in [3.8, 4) is 22.9 Å². The molecule has 5 N–H and O–H groups in total. The molecule has 4 aromatic heterocycles. The van der Waals surface area contributed by atoms with Crippen LogP contribution in [0.5, 0.6) is 0 Å². The molecule has 9 nitrogen and oxygen atoms in total. The van der Waals surface area contributed by atoms with Crippen LogP contribution in [-0.2, 0) is 13.6 Å². The van der Waals surface area contributed by atoms with Crippen molar-refractivity contribution in [2.24, 2.45) is 18.5 Å². The third kappa shape index (κ3) is 2.57. The standard InChI is InChI=1S/C17H18FN9/c1-8(20)10-4-11(12-6-21-13(5-19)27(12)7-10)16-22-17(24-23-16)15-14(18)9(2)25-26(15)3/h4,6-7H,1,5,19-20H2,2-3H3,(H,22,23,24). The lowest BCUT2D eigenvalue weighted by Gasteiger charge is -2.07. The van der Waals surface area contributed by atoms with Crippen LogP contribution >= 0.6 is 0 Å². The van der Waals surface area contributed by atoms with Gasteiger partial charge in [-0.1, -0.05) is 6.58 Å². The van der Waals surface area contributed by atoms with Crippen LogP contribution in [0.15, 0.2) is 25.0 Å². The Morgan fingerprint density at radius 1 is 1.41 bits per heavy atom. The number of hydrogen-bond acceptors (Lipinski definition) is 6. The first-order valence-electron chi connectivity index (χ1n) is 8.17. The maximum Gasteiger partial charge on any atom is 0.183 e. The molecule has 0 atom stereocenters. The first-order valence-corrected chi connectivity index (χ1v) is 8.17. The number of aromatic amines is 1. The molecule has 4 aromatic rings. The van der Waals surface area contributed by atoms with Crippen molar-refractivity contribution in [1.82, 2.24) is 34.3 Å². The molecule has 0 aromatic carbocycles. The number of nitrogens with one attached hydrogen (secondary N) is 1. The van der Waals surface area contributed by atoms with Crippen molar-refractivity contribution in [1.29, 1.82) is 0 Å². The maximum atomic E-state index is 14.4. The van der Waals surface area contributed by atoms with Gasteiger partial charge in [-0.05, 0) is 13.0 Å². The summed E-state index contributed by atoms with van der Waals surface area (Å²) in [5.74, 6) is 0.877. The normalized spacial score (nSPS) is 11.4. The lowest BCUT2D eigenvalue weighted by atomic mass is 10.1. The molecule has 0 bridgehead atoms. The average Bonchev–Trinajstić information content (AvgIpc) is 3.32. The van der Waals surface area contributed by atoms with E-state index in [4.69, 9.17) is 11.5 Å². The number of halogens is 1. The molecule has 4 heterocycles. The van der Waals surface area contributed by atoms with Crippen molar-refractivity contribution < 1.29 is 4.39 Å². The molecule has 0 amide bonds. The minimum Gasteiger partial charge on any atom is -0.399 e. The summed E-state index contributed by atoms with van der Waals surface area (Å²) in [6, 6.07) is 1.82. The van der Waals surface area contributed by atoms with Crippen LogP contribution in [0.2, 0.25) is 0 Å². The molecule has 0 saturated heterocycles. The molecule has 0 spiro atoms. The Hall–Kier alpha value is -3.53. The highest BCUT2D eigenvalue weighted by Gasteiger charge is 2.20. The largest absolute Gasteiger partial charge is 0.399 e. The highest BCUT2D eigenvalue weighted by atomic mass is 19.1. The molecular weight excluding hydrogens is 349 g/mol. The van der Waals surface area contributed by atoms with E-state index in [1.165, 1.54) is 4.68 Å². The number of imidazole rings is 1. The lowest BCUT2D eigenvalue weighted by molar-refractivity contribution is 0.620. The van der Waals surface area contributed by atoms with Crippen molar-refractivity contribution in [3.05, 3.63) is 47.9 Å². The zero-order valence-corrected chi connectivity index (χ0v) is 14.9. The van der Waals surface area contributed by atoms with Gasteiger partial charge in [-0.2, -0.15) is 10.2 Å². The zero-order chi connectivity index (χ0) is 19.3. The Bertz CT molecular complexity index is 1180. The van der Waals surface area contributed by atoms with Crippen LogP contribution in [0.4, 0.5) is 4.39 Å². The molecule has 0 unspecified atom stereocenters. The van der Waals surface area contributed by atoms with Gasteiger partial charge in [-0.25, -0.2) is 14.4 Å². The molecule has 4 rings (SSSR count). The Morgan fingerprint density at radius 2 is 2.19 bits per heavy atom. The molecule has 0 radical (unpaired) electrons. The number of rotatable bonds is 4. The summed E-state index contributed by atoms with van der Waals surface area (Å²) in [5, 5.41) is 11.1. The van der Waals surface area contributed by atoms with Gasteiger partial charge >= 0.3 is 0 Å². The van der Waals surface area contributed by atoms with E-state index in [2.05, 4.69) is 31.8 Å². The summed E-state index contributed by atoms with van der Waals surface area (Å²) < 4.78 is 17.6. The number of aryl methyl sites for hydroxylation is 2. The molecule has 138 valence electrons. The quantitative estimate of drug-likeness (QED) is 0.499. The summed E-state index contributed by atoms with van der Waals surface area (Å²) in [6.07, 6.45) is 3.50. The summed E-state index contributed by atoms with van der Waals surface area (Å²) in [5.41, 5.74) is 14.7. The van der Waals surface area contributed by atoms with Gasteiger partial charge < -0.3 is 15.9 Å². The minimum atomic E-state index is -0.441. The van der Waals surface area contributed by atoms with Gasteiger partial charge in [-0.3, -0.25) is 9.78 Å². The number of nitrogens with zero attached hydrogens (tertiary/aromatic N) is 6. The number of H-pyrrole nitrogens is 1. The molecular formula is C17H18FN9. The van der Waals surface area contributed by atoms with Crippen LogP contribution < -0.4 is 11.5 Å². The molecule has 27 heavy (non-hydrogen) atoms. The fraction of sp³-hybridized carbons (Fsp3) is 0.176. The fourth-order valence-corrected chi connectivity index (χ4v) is 3.03. The van der Waals surface area contributed by atoms with Gasteiger partial charge in [0, 0.05) is 30.1 Å². The summed E-state index contributed by atoms with van der Waals surface area (Å²) >= 11 is 0. The van der Waals surface area contributed by atoms with Gasteiger partial charge in [0.2, 0.25) is 0 Å². The van der Waals surface area contributed by atoms with Crippen molar-refractivity contribution in [2.45, 2.75) is 13.5 Å². The molecule has 0 aliphatic rings. The Labute approximate surface area is 153 Å². The summed E-state index contributed by atoms with van der Waals surface area (Å²) in [7, 11) is 1.65. The fourth-order valence-electron chi connectivity index (χ4n) is 3.03. The van der Waals surface area contributed by atoms with Crippen molar-refractivity contribution in [3.63, 3.8) is 0 Å². The van der Waals surface area contributed by atoms with Gasteiger partial charge in [0.1, 0.15) is 11.5 Å². The van der Waals surface area contributed by atoms with Crippen LogP contribution in [0.1, 0.15) is 17.1 Å². The Morgan fingerprint density at radius 3 is 2.81 bits per heavy atom. The minimum absolute atomic E-state index is 0.234. The van der Waals surface area contributed by atoms with E-state index in [1.807, 2.05) is 16.7 Å². The second kappa shape index (κ2) is 6.02. The van der Waals surface area contributed by atoms with Gasteiger partial charge in [0.05, 0.1) is 24.0 Å². The second-order valence-electron chi connectivity index (χ2n) is 6.18. The van der Waals surface area contributed by atoms with E-state index < -0.39 is 5.82 Å². The monoisotopic (exact) mass is 367 g/mol. The van der Waals surface area contributed by atoms with Crippen molar-refractivity contribution >= 4 is 11.2 Å². The first-order chi connectivity index (χ1) is 12.9. The smallest absolute Gasteiger partial charge is 0.183 e. The average molecular weight is 367 g/mol. The number of nitrogens with two attached hydrogens (primary N) is 2. The third-order valence-corrected chi connectivity index (χ3v) is 4.37. The molecule has 0 fully saturated rings. The highest BCUT2D eigenvalue weighted by Crippen LogP contribution is 2.28. The van der Waals surface area contributed by atoms with E-state index in [9.17, 15) is 4.39 Å². The van der Waals surface area contributed by atoms with Crippen LogP contribution in [-0.4, -0.2) is 34.3 Å². The summed E-state index contributed by atoms with van der Waals surface area (Å²) in [6.45, 7) is 5.64. The topological polar surface area (TPSA) is 129 Å². The van der Waals surface area contributed by atoms with Gasteiger partial charge in [0.25, 0.3) is 0 Å². The van der Waals surface area contributed by atoms with Crippen molar-refractivity contribution in [2.75, 3.05) is 0 Å². The van der Waals surface area contributed by atoms with Gasteiger partial charge in [0.15, 0.2) is 17.5 Å². The van der Waals surface area contributed by atoms with E-state index >= 15 is 0 Å². The number of aromatic nitrogens is 7.